The van der Waals surface area contributed by atoms with Gasteiger partial charge in [0.15, 0.2) is 0 Å². The normalized spacial score (nSPS) is 11.2. The smallest absolute Gasteiger partial charge is 0.328 e. The Balaban J connectivity index is 1.93. The lowest BCUT2D eigenvalue weighted by atomic mass is 10.2. The van der Waals surface area contributed by atoms with Crippen molar-refractivity contribution in [1.82, 2.24) is 10.0 Å². The lowest BCUT2D eigenvalue weighted by Gasteiger charge is -2.09. The molecule has 0 fully saturated rings. The van der Waals surface area contributed by atoms with Gasteiger partial charge in [-0.2, -0.15) is 0 Å². The molecule has 0 aromatic heterocycles. The zero-order chi connectivity index (χ0) is 20.4. The molecule has 0 atom stereocenters. The third-order valence-corrected chi connectivity index (χ3v) is 5.05. The molecular weight excluding hydrogens is 378 g/mol. The first-order valence-corrected chi connectivity index (χ1v) is 10.3. The number of amides is 3. The van der Waals surface area contributed by atoms with E-state index in [-0.39, 0.29) is 10.8 Å². The van der Waals surface area contributed by atoms with Gasteiger partial charge in [0.1, 0.15) is 0 Å². The van der Waals surface area contributed by atoms with E-state index in [9.17, 15) is 18.0 Å². The van der Waals surface area contributed by atoms with Gasteiger partial charge in [-0.15, -0.1) is 0 Å². The molecule has 0 spiro atoms. The van der Waals surface area contributed by atoms with Crippen LogP contribution in [0.1, 0.15) is 25.3 Å². The van der Waals surface area contributed by atoms with E-state index in [1.54, 1.807) is 6.08 Å². The summed E-state index contributed by atoms with van der Waals surface area (Å²) in [5.41, 5.74) is 1.33. The molecule has 148 valence electrons. The summed E-state index contributed by atoms with van der Waals surface area (Å²) in [7, 11) is -3.98. The van der Waals surface area contributed by atoms with Crippen LogP contribution >= 0.6 is 0 Å². The van der Waals surface area contributed by atoms with Crippen molar-refractivity contribution in [3.8, 4) is 0 Å². The summed E-state index contributed by atoms with van der Waals surface area (Å²) in [5.74, 6) is -0.340. The third-order valence-electron chi connectivity index (χ3n) is 3.70. The molecule has 2 aromatic carbocycles. The van der Waals surface area contributed by atoms with Crippen molar-refractivity contribution in [3.63, 3.8) is 0 Å². The van der Waals surface area contributed by atoms with Crippen LogP contribution in [0.2, 0.25) is 0 Å². The van der Waals surface area contributed by atoms with Crippen LogP contribution in [0, 0.1) is 0 Å². The summed E-state index contributed by atoms with van der Waals surface area (Å²) in [4.78, 5) is 23.5. The maximum atomic E-state index is 12.2. The highest BCUT2D eigenvalue weighted by Gasteiger charge is 2.17. The van der Waals surface area contributed by atoms with Crippen molar-refractivity contribution in [2.75, 3.05) is 11.9 Å². The van der Waals surface area contributed by atoms with Crippen molar-refractivity contribution in [2.45, 2.75) is 24.7 Å². The average molecular weight is 401 g/mol. The van der Waals surface area contributed by atoms with Crippen molar-refractivity contribution in [2.24, 2.45) is 0 Å². The molecule has 7 nitrogen and oxygen atoms in total. The van der Waals surface area contributed by atoms with Crippen LogP contribution in [-0.4, -0.2) is 26.9 Å². The molecule has 2 aromatic rings. The molecule has 28 heavy (non-hydrogen) atoms. The van der Waals surface area contributed by atoms with E-state index in [2.05, 4.69) is 10.6 Å². The van der Waals surface area contributed by atoms with Crippen LogP contribution < -0.4 is 15.4 Å². The molecule has 2 rings (SSSR count). The monoisotopic (exact) mass is 401 g/mol. The van der Waals surface area contributed by atoms with Crippen LogP contribution in [0.15, 0.2) is 65.6 Å². The molecule has 0 heterocycles. The standard InChI is InChI=1S/C20H23N3O4S/c1-2-3-15-21-20(25)23-28(26,27)18-12-10-17(11-13-18)22-19(24)14-9-16-7-5-4-6-8-16/h4-14H,2-3,15H2,1H3,(H,22,24)(H2,21,23,25)/b14-9+. The van der Waals surface area contributed by atoms with E-state index in [0.29, 0.717) is 12.2 Å². The predicted octanol–water partition coefficient (Wildman–Crippen LogP) is 3.13. The maximum absolute atomic E-state index is 12.2. The first-order chi connectivity index (χ1) is 13.4. The molecule has 0 unspecified atom stereocenters. The molecule has 3 N–H and O–H groups in total. The second kappa shape index (κ2) is 10.3. The van der Waals surface area contributed by atoms with Crippen LogP contribution in [0.3, 0.4) is 0 Å². The van der Waals surface area contributed by atoms with Gasteiger partial charge in [-0.25, -0.2) is 17.9 Å². The Morgan fingerprint density at radius 1 is 1.00 bits per heavy atom. The number of anilines is 1. The number of rotatable bonds is 8. The first kappa shape index (κ1) is 21.2. The van der Waals surface area contributed by atoms with Crippen LogP contribution in [0.25, 0.3) is 6.08 Å². The lowest BCUT2D eigenvalue weighted by molar-refractivity contribution is -0.111. The fourth-order valence-electron chi connectivity index (χ4n) is 2.23. The summed E-state index contributed by atoms with van der Waals surface area (Å²) in [6, 6.07) is 14.1. The Bertz CT molecular complexity index is 924. The van der Waals surface area contributed by atoms with E-state index in [1.165, 1.54) is 30.3 Å². The molecule has 0 radical (unpaired) electrons. The lowest BCUT2D eigenvalue weighted by Crippen LogP contribution is -2.39. The number of carbonyl (C=O) groups excluding carboxylic acids is 2. The Morgan fingerprint density at radius 3 is 2.32 bits per heavy atom. The van der Waals surface area contributed by atoms with Gasteiger partial charge < -0.3 is 10.6 Å². The minimum absolute atomic E-state index is 0.0732. The van der Waals surface area contributed by atoms with Gasteiger partial charge in [0.05, 0.1) is 4.90 Å². The van der Waals surface area contributed by atoms with Crippen LogP contribution in [0.5, 0.6) is 0 Å². The summed E-state index contributed by atoms with van der Waals surface area (Å²) < 4.78 is 26.3. The number of hydrogen-bond donors (Lipinski definition) is 3. The highest BCUT2D eigenvalue weighted by atomic mass is 32.2. The number of urea groups is 1. The van der Waals surface area contributed by atoms with Crippen molar-refractivity contribution < 1.29 is 18.0 Å². The molecule has 0 saturated carbocycles. The minimum atomic E-state index is -3.98. The number of sulfonamides is 1. The first-order valence-electron chi connectivity index (χ1n) is 8.85. The van der Waals surface area contributed by atoms with Gasteiger partial charge in [-0.05, 0) is 42.3 Å². The Kier molecular flexibility index (Phi) is 7.76. The summed E-state index contributed by atoms with van der Waals surface area (Å²) >= 11 is 0. The van der Waals surface area contributed by atoms with E-state index in [0.717, 1.165) is 18.4 Å². The molecule has 0 aliphatic carbocycles. The maximum Gasteiger partial charge on any atom is 0.328 e. The van der Waals surface area contributed by atoms with Gasteiger partial charge >= 0.3 is 6.03 Å². The minimum Gasteiger partial charge on any atom is -0.337 e. The van der Waals surface area contributed by atoms with Gasteiger partial charge in [0.2, 0.25) is 5.91 Å². The number of hydrogen-bond acceptors (Lipinski definition) is 4. The van der Waals surface area contributed by atoms with Crippen molar-refractivity contribution in [3.05, 3.63) is 66.2 Å². The molecule has 3 amide bonds. The Morgan fingerprint density at radius 2 is 1.68 bits per heavy atom. The van der Waals surface area contributed by atoms with E-state index >= 15 is 0 Å². The number of benzene rings is 2. The predicted molar refractivity (Wildman–Crippen MR) is 109 cm³/mol. The molecular formula is C20H23N3O4S. The summed E-state index contributed by atoms with van der Waals surface area (Å²) in [5, 5.41) is 5.13. The van der Waals surface area contributed by atoms with Crippen molar-refractivity contribution in [1.29, 1.82) is 0 Å². The fourth-order valence-corrected chi connectivity index (χ4v) is 3.16. The number of carbonyl (C=O) groups is 2. The molecule has 8 heteroatoms. The Hall–Kier alpha value is -3.13. The summed E-state index contributed by atoms with van der Waals surface area (Å²) in [6.07, 6.45) is 4.72. The second-order valence-electron chi connectivity index (χ2n) is 5.97. The van der Waals surface area contributed by atoms with E-state index in [1.807, 2.05) is 42.0 Å². The highest BCUT2D eigenvalue weighted by Crippen LogP contribution is 2.14. The Labute approximate surface area is 164 Å². The van der Waals surface area contributed by atoms with E-state index in [4.69, 9.17) is 0 Å². The van der Waals surface area contributed by atoms with Crippen LogP contribution in [-0.2, 0) is 14.8 Å². The molecule has 0 aliphatic rings. The number of unbranched alkanes of at least 4 members (excludes halogenated alkanes) is 1. The number of nitrogens with one attached hydrogen (secondary N) is 3. The zero-order valence-electron chi connectivity index (χ0n) is 15.5. The quantitative estimate of drug-likeness (QED) is 0.467. The average Bonchev–Trinajstić information content (AvgIpc) is 2.67. The fraction of sp³-hybridized carbons (Fsp3) is 0.200. The van der Waals surface area contributed by atoms with Gasteiger partial charge in [0, 0.05) is 18.3 Å². The van der Waals surface area contributed by atoms with Crippen molar-refractivity contribution >= 4 is 33.7 Å². The molecule has 0 aliphatic heterocycles. The SMILES string of the molecule is CCCCNC(=O)NS(=O)(=O)c1ccc(NC(=O)/C=C/c2ccccc2)cc1. The largest absolute Gasteiger partial charge is 0.337 e. The highest BCUT2D eigenvalue weighted by molar-refractivity contribution is 7.90. The molecule has 0 bridgehead atoms. The van der Waals surface area contributed by atoms with Gasteiger partial charge in [-0.3, -0.25) is 4.79 Å². The second-order valence-corrected chi connectivity index (χ2v) is 7.66. The van der Waals surface area contributed by atoms with Gasteiger partial charge in [-0.1, -0.05) is 43.7 Å². The topological polar surface area (TPSA) is 104 Å². The van der Waals surface area contributed by atoms with E-state index < -0.39 is 16.1 Å². The third kappa shape index (κ3) is 6.88. The van der Waals surface area contributed by atoms with Crippen LogP contribution in [0.4, 0.5) is 10.5 Å². The summed E-state index contributed by atoms with van der Waals surface area (Å²) in [6.45, 7) is 2.37. The van der Waals surface area contributed by atoms with Gasteiger partial charge in [0.25, 0.3) is 10.0 Å². The molecule has 0 saturated heterocycles. The zero-order valence-corrected chi connectivity index (χ0v) is 16.3.